The Morgan fingerprint density at radius 2 is 1.83 bits per heavy atom. The second-order valence-electron chi connectivity index (χ2n) is 10.7. The van der Waals surface area contributed by atoms with E-state index in [2.05, 4.69) is 55.3 Å². The van der Waals surface area contributed by atoms with E-state index in [0.29, 0.717) is 18.1 Å². The summed E-state index contributed by atoms with van der Waals surface area (Å²) in [5, 5.41) is 27.9. The monoisotopic (exact) mass is 563 g/mol. The third kappa shape index (κ3) is 5.81. The van der Waals surface area contributed by atoms with Gasteiger partial charge in [-0.1, -0.05) is 13.0 Å². The fraction of sp³-hybridized carbons (Fsp3) is 0.323. The normalized spacial score (nSPS) is 14.7. The molecule has 0 bridgehead atoms. The Balaban J connectivity index is 1.20. The number of ether oxygens (including phenoxy) is 1. The van der Waals surface area contributed by atoms with Crippen LogP contribution < -0.4 is 9.64 Å². The van der Waals surface area contributed by atoms with Crippen molar-refractivity contribution in [1.29, 1.82) is 5.26 Å². The lowest BCUT2D eigenvalue weighted by Crippen LogP contribution is -2.46. The number of nitriles is 1. The molecule has 1 aliphatic heterocycles. The fourth-order valence-electron chi connectivity index (χ4n) is 5.28. The van der Waals surface area contributed by atoms with Crippen molar-refractivity contribution in [2.75, 3.05) is 44.8 Å². The number of aliphatic hydroxyl groups excluding tert-OH is 1. The zero-order valence-electron chi connectivity index (χ0n) is 23.8. The number of aromatic nitrogens is 6. The SMILES string of the molecule is COc1ccc(CN2CCN(c3ccc(-c4cc(-c5cnn(C[C@H](C)CO)c5)cn5nc(C#N)cc45)cn3)CC2)cn1. The van der Waals surface area contributed by atoms with Crippen LogP contribution in [0.1, 0.15) is 18.2 Å². The molecule has 1 fully saturated rings. The molecule has 11 heteroatoms. The van der Waals surface area contributed by atoms with Crippen molar-refractivity contribution in [2.45, 2.75) is 20.0 Å². The van der Waals surface area contributed by atoms with Gasteiger partial charge in [0.25, 0.3) is 0 Å². The maximum Gasteiger partial charge on any atom is 0.212 e. The molecule has 6 rings (SSSR count). The molecular formula is C31H33N9O2. The molecule has 214 valence electrons. The van der Waals surface area contributed by atoms with E-state index in [9.17, 15) is 10.4 Å². The minimum atomic E-state index is 0.107. The van der Waals surface area contributed by atoms with E-state index in [1.54, 1.807) is 17.7 Å². The van der Waals surface area contributed by atoms with E-state index in [-0.39, 0.29) is 12.5 Å². The van der Waals surface area contributed by atoms with Gasteiger partial charge in [0.1, 0.15) is 11.9 Å². The number of rotatable bonds is 9. The van der Waals surface area contributed by atoms with Gasteiger partial charge >= 0.3 is 0 Å². The van der Waals surface area contributed by atoms with Gasteiger partial charge in [0.05, 0.1) is 18.8 Å². The quantitative estimate of drug-likeness (QED) is 0.287. The molecule has 1 aliphatic rings. The van der Waals surface area contributed by atoms with Crippen molar-refractivity contribution in [2.24, 2.45) is 5.92 Å². The highest BCUT2D eigenvalue weighted by molar-refractivity contribution is 5.84. The first-order valence-corrected chi connectivity index (χ1v) is 14.0. The van der Waals surface area contributed by atoms with Crippen molar-refractivity contribution in [1.82, 2.24) is 34.3 Å². The first-order chi connectivity index (χ1) is 20.5. The molecule has 5 aromatic rings. The number of piperazine rings is 1. The summed E-state index contributed by atoms with van der Waals surface area (Å²) in [5.41, 5.74) is 6.12. The number of hydrogen-bond acceptors (Lipinski definition) is 9. The van der Waals surface area contributed by atoms with Gasteiger partial charge in [0, 0.05) is 105 Å². The smallest absolute Gasteiger partial charge is 0.212 e. The van der Waals surface area contributed by atoms with Crippen LogP contribution in [0.3, 0.4) is 0 Å². The molecule has 1 atom stereocenters. The first-order valence-electron chi connectivity index (χ1n) is 14.0. The van der Waals surface area contributed by atoms with Gasteiger partial charge in [-0.05, 0) is 29.7 Å². The van der Waals surface area contributed by atoms with E-state index >= 15 is 0 Å². The topological polar surface area (TPSA) is 121 Å². The Bertz CT molecular complexity index is 1700. The Morgan fingerprint density at radius 1 is 0.976 bits per heavy atom. The highest BCUT2D eigenvalue weighted by Gasteiger charge is 2.19. The van der Waals surface area contributed by atoms with Gasteiger partial charge in [-0.15, -0.1) is 0 Å². The van der Waals surface area contributed by atoms with Crippen LogP contribution in [-0.4, -0.2) is 79.3 Å². The van der Waals surface area contributed by atoms with Crippen molar-refractivity contribution in [3.05, 3.63) is 78.6 Å². The molecule has 0 spiro atoms. The predicted molar refractivity (Wildman–Crippen MR) is 159 cm³/mol. The Hall–Kier alpha value is -4.79. The summed E-state index contributed by atoms with van der Waals surface area (Å²) in [4.78, 5) is 13.9. The second kappa shape index (κ2) is 12.0. The average Bonchev–Trinajstić information content (AvgIpc) is 3.68. The van der Waals surface area contributed by atoms with Crippen molar-refractivity contribution in [3.8, 4) is 34.2 Å². The van der Waals surface area contributed by atoms with Gasteiger partial charge in [-0.3, -0.25) is 9.58 Å². The summed E-state index contributed by atoms with van der Waals surface area (Å²) in [6.07, 6.45) is 9.48. The molecule has 0 unspecified atom stereocenters. The van der Waals surface area contributed by atoms with Crippen LogP contribution in [0.25, 0.3) is 27.8 Å². The van der Waals surface area contributed by atoms with Gasteiger partial charge in [0.2, 0.25) is 5.88 Å². The molecule has 0 aliphatic carbocycles. The minimum absolute atomic E-state index is 0.107. The van der Waals surface area contributed by atoms with Crippen LogP contribution in [0.4, 0.5) is 5.82 Å². The Morgan fingerprint density at radius 3 is 2.52 bits per heavy atom. The van der Waals surface area contributed by atoms with Crippen LogP contribution in [-0.2, 0) is 13.1 Å². The van der Waals surface area contributed by atoms with Gasteiger partial charge < -0.3 is 14.7 Å². The Labute approximate surface area is 244 Å². The Kier molecular flexibility index (Phi) is 7.81. The van der Waals surface area contributed by atoms with E-state index in [4.69, 9.17) is 9.72 Å². The zero-order valence-corrected chi connectivity index (χ0v) is 23.8. The number of fused-ring (bicyclic) bond motifs is 1. The minimum Gasteiger partial charge on any atom is -0.481 e. The summed E-state index contributed by atoms with van der Waals surface area (Å²) in [6.45, 7) is 7.24. The molecule has 6 heterocycles. The summed E-state index contributed by atoms with van der Waals surface area (Å²) in [5.74, 6) is 1.69. The van der Waals surface area contributed by atoms with Gasteiger partial charge in [-0.25, -0.2) is 14.5 Å². The molecule has 42 heavy (non-hydrogen) atoms. The van der Waals surface area contributed by atoms with Crippen molar-refractivity contribution < 1.29 is 9.84 Å². The van der Waals surface area contributed by atoms with Crippen molar-refractivity contribution in [3.63, 3.8) is 0 Å². The molecule has 0 aromatic carbocycles. The number of hydrogen-bond donors (Lipinski definition) is 1. The molecule has 5 aromatic heterocycles. The van der Waals surface area contributed by atoms with Crippen LogP contribution in [0, 0.1) is 17.2 Å². The number of methoxy groups -OCH3 is 1. The number of aliphatic hydroxyl groups is 1. The molecule has 0 amide bonds. The molecule has 1 N–H and O–H groups in total. The second-order valence-corrected chi connectivity index (χ2v) is 10.7. The lowest BCUT2D eigenvalue weighted by atomic mass is 10.0. The van der Waals surface area contributed by atoms with Crippen LogP contribution in [0.2, 0.25) is 0 Å². The maximum atomic E-state index is 9.51. The highest BCUT2D eigenvalue weighted by atomic mass is 16.5. The maximum absolute atomic E-state index is 9.51. The molecule has 0 radical (unpaired) electrons. The summed E-state index contributed by atoms with van der Waals surface area (Å²) >= 11 is 0. The standard InChI is InChI=1S/C31H33N9O2/c1-22(21-41)17-39-19-26(16-35-39)25-11-28(29-12-27(13-32)36-40(29)20-25)24-4-5-30(33-15-24)38-9-7-37(8-10-38)18-23-3-6-31(42-2)34-14-23/h3-6,11-12,14-16,19-20,22,41H,7-10,17-18,21H2,1-2H3/t22-/m0/s1. The highest BCUT2D eigenvalue weighted by Crippen LogP contribution is 2.31. The lowest BCUT2D eigenvalue weighted by molar-refractivity contribution is 0.219. The molecule has 0 saturated carbocycles. The third-order valence-corrected chi connectivity index (χ3v) is 7.63. The van der Waals surface area contributed by atoms with E-state index in [0.717, 1.165) is 66.3 Å². The van der Waals surface area contributed by atoms with Crippen LogP contribution >= 0.6 is 0 Å². The van der Waals surface area contributed by atoms with E-state index in [1.165, 1.54) is 5.56 Å². The average molecular weight is 564 g/mol. The number of nitrogens with zero attached hydrogens (tertiary/aromatic N) is 9. The third-order valence-electron chi connectivity index (χ3n) is 7.63. The van der Waals surface area contributed by atoms with Crippen LogP contribution in [0.5, 0.6) is 5.88 Å². The number of pyridine rings is 3. The van der Waals surface area contributed by atoms with Crippen LogP contribution in [0.15, 0.2) is 67.4 Å². The van der Waals surface area contributed by atoms with E-state index in [1.807, 2.05) is 48.7 Å². The van der Waals surface area contributed by atoms with Gasteiger partial charge in [-0.2, -0.15) is 15.5 Å². The zero-order chi connectivity index (χ0) is 29.1. The van der Waals surface area contributed by atoms with E-state index < -0.39 is 0 Å². The summed E-state index contributed by atoms with van der Waals surface area (Å²) in [7, 11) is 1.63. The molecule has 11 nitrogen and oxygen atoms in total. The lowest BCUT2D eigenvalue weighted by Gasteiger charge is -2.35. The number of anilines is 1. The first kappa shape index (κ1) is 27.4. The largest absolute Gasteiger partial charge is 0.481 e. The predicted octanol–water partition coefficient (Wildman–Crippen LogP) is 3.49. The molecular weight excluding hydrogens is 530 g/mol. The summed E-state index contributed by atoms with van der Waals surface area (Å²) < 4.78 is 8.76. The fourth-order valence-corrected chi connectivity index (χ4v) is 5.28. The summed E-state index contributed by atoms with van der Waals surface area (Å²) in [6, 6.07) is 14.2. The molecule has 1 saturated heterocycles. The van der Waals surface area contributed by atoms with Gasteiger partial charge in [0.15, 0.2) is 5.69 Å². The van der Waals surface area contributed by atoms with Crippen molar-refractivity contribution >= 4 is 11.3 Å².